The van der Waals surface area contributed by atoms with Crippen LogP contribution in [0.5, 0.6) is 0 Å². The van der Waals surface area contributed by atoms with Crippen LogP contribution in [0, 0.1) is 0 Å². The highest BCUT2D eigenvalue weighted by molar-refractivity contribution is 6.39. The molecule has 2 amide bonds. The number of carbonyl (C=O) groups is 2. The molecule has 0 heterocycles. The Morgan fingerprint density at radius 3 is 2.58 bits per heavy atom. The van der Waals surface area contributed by atoms with Gasteiger partial charge in [0, 0.05) is 16.3 Å². The average Bonchev–Trinajstić information content (AvgIpc) is 2.57. The molecule has 0 radical (unpaired) electrons. The molecule has 24 heavy (non-hydrogen) atoms. The molecule has 2 N–H and O–H groups in total. The Morgan fingerprint density at radius 2 is 1.88 bits per heavy atom. The maximum absolute atomic E-state index is 11.9. The van der Waals surface area contributed by atoms with Crippen molar-refractivity contribution in [2.75, 3.05) is 5.32 Å². The number of amides is 2. The van der Waals surface area contributed by atoms with E-state index in [2.05, 4.69) is 15.8 Å². The minimum absolute atomic E-state index is 0.391. The van der Waals surface area contributed by atoms with Gasteiger partial charge >= 0.3 is 11.8 Å². The second kappa shape index (κ2) is 8.47. The lowest BCUT2D eigenvalue weighted by Gasteiger charge is -2.08. The number of benzene rings is 2. The monoisotopic (exact) mass is 363 g/mol. The van der Waals surface area contributed by atoms with Gasteiger partial charge < -0.3 is 5.32 Å². The molecule has 0 aromatic heterocycles. The normalized spacial score (nSPS) is 10.6. The molecular weight excluding hydrogens is 349 g/mol. The molecule has 0 spiro atoms. The number of para-hydroxylation sites is 1. The number of anilines is 1. The van der Waals surface area contributed by atoms with E-state index >= 15 is 0 Å². The van der Waals surface area contributed by atoms with Gasteiger partial charge in [0.15, 0.2) is 0 Å². The van der Waals surface area contributed by atoms with Gasteiger partial charge in [-0.25, -0.2) is 5.43 Å². The number of carbonyl (C=O) groups excluding carboxylic acids is 2. The van der Waals surface area contributed by atoms with Crippen molar-refractivity contribution in [1.82, 2.24) is 5.43 Å². The van der Waals surface area contributed by atoms with E-state index in [0.29, 0.717) is 21.3 Å². The Morgan fingerprint density at radius 1 is 1.12 bits per heavy atom. The summed E-state index contributed by atoms with van der Waals surface area (Å²) < 4.78 is 0. The van der Waals surface area contributed by atoms with Gasteiger partial charge in [-0.2, -0.15) is 5.10 Å². The number of rotatable bonds is 4. The lowest BCUT2D eigenvalue weighted by molar-refractivity contribution is -0.136. The lowest BCUT2D eigenvalue weighted by atomic mass is 10.1. The first-order valence-electron chi connectivity index (χ1n) is 7.18. The second-order valence-electron chi connectivity index (χ2n) is 4.83. The Labute approximate surface area is 149 Å². The summed E-state index contributed by atoms with van der Waals surface area (Å²) in [6, 6.07) is 12.1. The van der Waals surface area contributed by atoms with Crippen LogP contribution in [-0.4, -0.2) is 18.0 Å². The number of aryl methyl sites for hydroxylation is 1. The van der Waals surface area contributed by atoms with Crippen LogP contribution in [0.2, 0.25) is 10.0 Å². The van der Waals surface area contributed by atoms with E-state index in [1.54, 1.807) is 30.3 Å². The molecular formula is C17H15Cl2N3O2. The molecule has 0 aliphatic carbocycles. The highest BCUT2D eigenvalue weighted by Gasteiger charge is 2.14. The minimum Gasteiger partial charge on any atom is -0.317 e. The maximum atomic E-state index is 11.9. The Balaban J connectivity index is 1.96. The largest absolute Gasteiger partial charge is 0.329 e. The number of halogens is 2. The van der Waals surface area contributed by atoms with Crippen LogP contribution in [0.1, 0.15) is 18.1 Å². The van der Waals surface area contributed by atoms with Crippen molar-refractivity contribution in [3.63, 3.8) is 0 Å². The van der Waals surface area contributed by atoms with Crippen LogP contribution in [0.25, 0.3) is 0 Å². The first-order valence-corrected chi connectivity index (χ1v) is 7.94. The molecule has 0 atom stereocenters. The van der Waals surface area contributed by atoms with Crippen LogP contribution < -0.4 is 10.7 Å². The van der Waals surface area contributed by atoms with E-state index in [-0.39, 0.29) is 0 Å². The van der Waals surface area contributed by atoms with Crippen molar-refractivity contribution in [2.45, 2.75) is 13.3 Å². The number of nitrogens with zero attached hydrogens (tertiary/aromatic N) is 1. The van der Waals surface area contributed by atoms with Gasteiger partial charge in [-0.3, -0.25) is 9.59 Å². The summed E-state index contributed by atoms with van der Waals surface area (Å²) in [7, 11) is 0. The Bertz CT molecular complexity index is 791. The second-order valence-corrected chi connectivity index (χ2v) is 5.67. The summed E-state index contributed by atoms with van der Waals surface area (Å²) >= 11 is 11.8. The molecule has 124 valence electrons. The minimum atomic E-state index is -0.873. The molecule has 7 heteroatoms. The fourth-order valence-electron chi connectivity index (χ4n) is 1.95. The number of nitrogens with one attached hydrogen (secondary N) is 2. The summed E-state index contributed by atoms with van der Waals surface area (Å²) in [5.74, 6) is -1.67. The third kappa shape index (κ3) is 4.81. The smallest absolute Gasteiger partial charge is 0.317 e. The van der Waals surface area contributed by atoms with Crippen molar-refractivity contribution in [3.05, 3.63) is 63.6 Å². The molecule has 0 saturated heterocycles. The van der Waals surface area contributed by atoms with Crippen molar-refractivity contribution in [2.24, 2.45) is 5.10 Å². The molecule has 2 aromatic rings. The molecule has 0 unspecified atom stereocenters. The summed E-state index contributed by atoms with van der Waals surface area (Å²) in [6.07, 6.45) is 2.08. The first kappa shape index (κ1) is 18.0. The van der Waals surface area contributed by atoms with Crippen LogP contribution in [-0.2, 0) is 16.0 Å². The van der Waals surface area contributed by atoms with E-state index in [1.807, 2.05) is 19.1 Å². The third-order valence-electron chi connectivity index (χ3n) is 3.18. The van der Waals surface area contributed by atoms with E-state index in [9.17, 15) is 9.59 Å². The summed E-state index contributed by atoms with van der Waals surface area (Å²) in [6.45, 7) is 1.96. The number of hydrogen-bond acceptors (Lipinski definition) is 3. The molecule has 5 nitrogen and oxygen atoms in total. The Hall–Kier alpha value is -2.37. The maximum Gasteiger partial charge on any atom is 0.329 e. The van der Waals surface area contributed by atoms with E-state index < -0.39 is 11.8 Å². The Kier molecular flexibility index (Phi) is 6.35. The summed E-state index contributed by atoms with van der Waals surface area (Å²) in [4.78, 5) is 23.7. The molecule has 0 saturated carbocycles. The zero-order valence-corrected chi connectivity index (χ0v) is 14.4. The van der Waals surface area contributed by atoms with Crippen LogP contribution in [0.15, 0.2) is 47.6 Å². The molecule has 0 aliphatic heterocycles. The van der Waals surface area contributed by atoms with Crippen molar-refractivity contribution < 1.29 is 9.59 Å². The quantitative estimate of drug-likeness (QED) is 0.494. The van der Waals surface area contributed by atoms with Crippen molar-refractivity contribution in [1.29, 1.82) is 0 Å². The molecule has 0 aliphatic rings. The fourth-order valence-corrected chi connectivity index (χ4v) is 2.40. The van der Waals surface area contributed by atoms with Gasteiger partial charge in [0.25, 0.3) is 0 Å². The SMILES string of the molecule is CCc1ccccc1NC(=O)C(=O)N/N=C/c1ccc(Cl)cc1Cl. The van der Waals surface area contributed by atoms with Gasteiger partial charge in [0.1, 0.15) is 0 Å². The van der Waals surface area contributed by atoms with E-state index in [4.69, 9.17) is 23.2 Å². The van der Waals surface area contributed by atoms with Crippen LogP contribution >= 0.6 is 23.2 Å². The lowest BCUT2D eigenvalue weighted by Crippen LogP contribution is -2.32. The highest BCUT2D eigenvalue weighted by atomic mass is 35.5. The summed E-state index contributed by atoms with van der Waals surface area (Å²) in [5.41, 5.74) is 4.27. The van der Waals surface area contributed by atoms with Gasteiger partial charge in [0.2, 0.25) is 0 Å². The molecule has 0 bridgehead atoms. The predicted octanol–water partition coefficient (Wildman–Crippen LogP) is 3.64. The zero-order chi connectivity index (χ0) is 17.5. The van der Waals surface area contributed by atoms with Crippen LogP contribution in [0.3, 0.4) is 0 Å². The van der Waals surface area contributed by atoms with E-state index in [1.165, 1.54) is 6.21 Å². The number of hydrazone groups is 1. The fraction of sp³-hybridized carbons (Fsp3) is 0.118. The molecule has 2 rings (SSSR count). The topological polar surface area (TPSA) is 70.6 Å². The summed E-state index contributed by atoms with van der Waals surface area (Å²) in [5, 5.41) is 7.17. The standard InChI is InChI=1S/C17H15Cl2N3O2/c1-2-11-5-3-4-6-15(11)21-16(23)17(24)22-20-10-12-7-8-13(18)9-14(12)19/h3-10H,2H2,1H3,(H,21,23)(H,22,24)/b20-10+. The highest BCUT2D eigenvalue weighted by Crippen LogP contribution is 2.19. The van der Waals surface area contributed by atoms with Gasteiger partial charge in [-0.05, 0) is 30.2 Å². The molecule has 2 aromatic carbocycles. The van der Waals surface area contributed by atoms with Crippen LogP contribution in [0.4, 0.5) is 5.69 Å². The van der Waals surface area contributed by atoms with Gasteiger partial charge in [-0.15, -0.1) is 0 Å². The van der Waals surface area contributed by atoms with Gasteiger partial charge in [0.05, 0.1) is 11.2 Å². The average molecular weight is 364 g/mol. The first-order chi connectivity index (χ1) is 11.5. The number of hydrogen-bond donors (Lipinski definition) is 2. The van der Waals surface area contributed by atoms with E-state index in [0.717, 1.165) is 12.0 Å². The van der Waals surface area contributed by atoms with Crippen molar-refractivity contribution in [3.8, 4) is 0 Å². The van der Waals surface area contributed by atoms with Gasteiger partial charge in [-0.1, -0.05) is 54.4 Å². The predicted molar refractivity (Wildman–Crippen MR) is 96.6 cm³/mol. The third-order valence-corrected chi connectivity index (χ3v) is 3.75. The van der Waals surface area contributed by atoms with Crippen molar-refractivity contribution >= 4 is 46.9 Å². The zero-order valence-electron chi connectivity index (χ0n) is 12.8. The molecule has 0 fully saturated rings.